The Morgan fingerprint density at radius 2 is 1.92 bits per heavy atom. The lowest BCUT2D eigenvalue weighted by Crippen LogP contribution is -2.37. The quantitative estimate of drug-likeness (QED) is 0.889. The third-order valence-corrected chi connectivity index (χ3v) is 4.03. The van der Waals surface area contributed by atoms with Crippen LogP contribution >= 0.6 is 11.6 Å². The highest BCUT2D eigenvalue weighted by Gasteiger charge is 2.25. The Morgan fingerprint density at radius 1 is 1.21 bits per heavy atom. The molecule has 24 heavy (non-hydrogen) atoms. The summed E-state index contributed by atoms with van der Waals surface area (Å²) >= 11 is 5.93. The molecule has 1 amide bonds. The van der Waals surface area contributed by atoms with Crippen LogP contribution in [0.4, 0.5) is 16.3 Å². The minimum atomic E-state index is -0.498. The summed E-state index contributed by atoms with van der Waals surface area (Å²) in [6, 6.07) is 9.88. The average molecular weight is 348 g/mol. The van der Waals surface area contributed by atoms with Crippen molar-refractivity contribution >= 4 is 29.2 Å². The van der Waals surface area contributed by atoms with Gasteiger partial charge in [0.05, 0.1) is 11.9 Å². The number of nitrogens with one attached hydrogen (secondary N) is 1. The summed E-state index contributed by atoms with van der Waals surface area (Å²) < 4.78 is 5.63. The van der Waals surface area contributed by atoms with Crippen LogP contribution in [0.5, 0.6) is 5.75 Å². The first-order valence-electron chi connectivity index (χ1n) is 7.75. The zero-order chi connectivity index (χ0) is 16.9. The van der Waals surface area contributed by atoms with E-state index in [2.05, 4.69) is 10.3 Å². The van der Waals surface area contributed by atoms with Crippen molar-refractivity contribution in [2.45, 2.75) is 18.9 Å². The molecule has 0 bridgehead atoms. The fourth-order valence-electron chi connectivity index (χ4n) is 2.54. The van der Waals surface area contributed by atoms with Crippen molar-refractivity contribution in [1.29, 1.82) is 0 Å². The molecule has 0 atom stereocenters. The van der Waals surface area contributed by atoms with Gasteiger partial charge in [-0.05, 0) is 62.3 Å². The first-order chi connectivity index (χ1) is 11.6. The number of piperidine rings is 1. The van der Waals surface area contributed by atoms with Crippen LogP contribution in [0.1, 0.15) is 12.8 Å². The Kier molecular flexibility index (Phi) is 5.17. The number of hydrogen-bond donors (Lipinski definition) is 2. The minimum Gasteiger partial charge on any atom is -0.506 e. The molecule has 0 saturated carbocycles. The summed E-state index contributed by atoms with van der Waals surface area (Å²) in [4.78, 5) is 18.2. The van der Waals surface area contributed by atoms with Crippen molar-refractivity contribution < 1.29 is 14.6 Å². The summed E-state index contributed by atoms with van der Waals surface area (Å²) in [5.74, 6) is 0.399. The molecule has 1 aliphatic rings. The lowest BCUT2D eigenvalue weighted by atomic mass is 10.1. The maximum Gasteiger partial charge on any atom is 0.420 e. The van der Waals surface area contributed by atoms with Crippen LogP contribution in [0, 0.1) is 0 Å². The molecule has 3 rings (SSSR count). The number of carbonyl (C=O) groups excluding carboxylic acids is 1. The van der Waals surface area contributed by atoms with E-state index in [4.69, 9.17) is 16.3 Å². The smallest absolute Gasteiger partial charge is 0.420 e. The van der Waals surface area contributed by atoms with Crippen LogP contribution < -0.4 is 10.2 Å². The number of pyridine rings is 1. The van der Waals surface area contributed by atoms with Gasteiger partial charge >= 0.3 is 6.09 Å². The molecule has 0 spiro atoms. The first-order valence-corrected chi connectivity index (χ1v) is 8.13. The molecule has 1 fully saturated rings. The van der Waals surface area contributed by atoms with Crippen LogP contribution in [-0.4, -0.2) is 35.4 Å². The molecule has 0 radical (unpaired) electrons. The van der Waals surface area contributed by atoms with Gasteiger partial charge in [0.25, 0.3) is 0 Å². The number of aromatic hydroxyl groups is 1. The van der Waals surface area contributed by atoms with Gasteiger partial charge in [-0.15, -0.1) is 0 Å². The van der Waals surface area contributed by atoms with Crippen LogP contribution in [-0.2, 0) is 4.74 Å². The van der Waals surface area contributed by atoms with E-state index in [9.17, 15) is 9.90 Å². The predicted molar refractivity (Wildman–Crippen MR) is 91.9 cm³/mol. The van der Waals surface area contributed by atoms with Crippen molar-refractivity contribution in [1.82, 2.24) is 10.3 Å². The highest BCUT2D eigenvalue weighted by atomic mass is 35.5. The standard InChI is InChI=1S/C17H18ClN3O3/c18-12-1-3-13(4-2-12)21(16-6-5-14(22)11-20-16)17(23)24-15-7-9-19-10-8-15/h1-6,11,15,19,22H,7-10H2. The number of amides is 1. The van der Waals surface area contributed by atoms with Gasteiger partial charge < -0.3 is 15.2 Å². The molecule has 2 N–H and O–H groups in total. The van der Waals surface area contributed by atoms with E-state index in [1.54, 1.807) is 30.3 Å². The number of nitrogens with zero attached hydrogens (tertiary/aromatic N) is 2. The average Bonchev–Trinajstić information content (AvgIpc) is 2.59. The number of benzene rings is 1. The van der Waals surface area contributed by atoms with E-state index in [0.717, 1.165) is 25.9 Å². The minimum absolute atomic E-state index is 0.0292. The summed E-state index contributed by atoms with van der Waals surface area (Å²) in [5, 5.41) is 13.2. The Labute approximate surface area is 145 Å². The molecule has 7 heteroatoms. The molecule has 0 aliphatic carbocycles. The monoisotopic (exact) mass is 347 g/mol. The van der Waals surface area contributed by atoms with E-state index in [0.29, 0.717) is 16.5 Å². The van der Waals surface area contributed by atoms with E-state index in [-0.39, 0.29) is 11.9 Å². The fraction of sp³-hybridized carbons (Fsp3) is 0.294. The second kappa shape index (κ2) is 7.51. The van der Waals surface area contributed by atoms with Gasteiger partial charge in [-0.25, -0.2) is 14.7 Å². The van der Waals surface area contributed by atoms with E-state index in [1.165, 1.54) is 17.2 Å². The molecule has 126 valence electrons. The van der Waals surface area contributed by atoms with Crippen LogP contribution in [0.25, 0.3) is 0 Å². The molecule has 1 aliphatic heterocycles. The molecule has 2 heterocycles. The third-order valence-electron chi connectivity index (χ3n) is 3.78. The second-order valence-electron chi connectivity index (χ2n) is 5.52. The van der Waals surface area contributed by atoms with Crippen molar-refractivity contribution in [2.75, 3.05) is 18.0 Å². The van der Waals surface area contributed by atoms with Crippen LogP contribution in [0.2, 0.25) is 5.02 Å². The number of anilines is 2. The van der Waals surface area contributed by atoms with Gasteiger partial charge in [-0.2, -0.15) is 0 Å². The number of rotatable bonds is 3. The van der Waals surface area contributed by atoms with Crippen molar-refractivity contribution in [3.63, 3.8) is 0 Å². The highest BCUT2D eigenvalue weighted by molar-refractivity contribution is 6.30. The van der Waals surface area contributed by atoms with Crippen LogP contribution in [0.3, 0.4) is 0 Å². The van der Waals surface area contributed by atoms with E-state index >= 15 is 0 Å². The van der Waals surface area contributed by atoms with Gasteiger partial charge in [-0.1, -0.05) is 11.6 Å². The maximum absolute atomic E-state index is 12.7. The molecule has 2 aromatic rings. The molecular formula is C17H18ClN3O3. The number of carbonyl (C=O) groups is 1. The lowest BCUT2D eigenvalue weighted by Gasteiger charge is -2.27. The first kappa shape index (κ1) is 16.5. The van der Waals surface area contributed by atoms with Gasteiger partial charge in [0, 0.05) is 5.02 Å². The molecule has 1 aromatic heterocycles. The number of halogens is 1. The zero-order valence-corrected chi connectivity index (χ0v) is 13.7. The molecule has 1 aromatic carbocycles. The third kappa shape index (κ3) is 3.96. The summed E-state index contributed by atoms with van der Waals surface area (Å²) in [6.07, 6.45) is 2.23. The van der Waals surface area contributed by atoms with Gasteiger partial charge in [-0.3, -0.25) is 0 Å². The van der Waals surface area contributed by atoms with E-state index in [1.807, 2.05) is 0 Å². The number of hydrogen-bond acceptors (Lipinski definition) is 5. The fourth-order valence-corrected chi connectivity index (χ4v) is 2.67. The Bertz CT molecular complexity index is 640. The van der Waals surface area contributed by atoms with Crippen molar-refractivity contribution in [2.24, 2.45) is 0 Å². The summed E-state index contributed by atoms with van der Waals surface area (Å²) in [5.41, 5.74) is 0.594. The largest absolute Gasteiger partial charge is 0.506 e. The summed E-state index contributed by atoms with van der Waals surface area (Å²) in [6.45, 7) is 1.66. The topological polar surface area (TPSA) is 74.7 Å². The Balaban J connectivity index is 1.87. The maximum atomic E-state index is 12.7. The van der Waals surface area contributed by atoms with Crippen molar-refractivity contribution in [3.05, 3.63) is 47.6 Å². The molecule has 6 nitrogen and oxygen atoms in total. The Hall–Kier alpha value is -2.31. The normalized spacial score (nSPS) is 15.0. The van der Waals surface area contributed by atoms with Crippen molar-refractivity contribution in [3.8, 4) is 5.75 Å². The highest BCUT2D eigenvalue weighted by Crippen LogP contribution is 2.27. The predicted octanol–water partition coefficient (Wildman–Crippen LogP) is 3.47. The SMILES string of the molecule is O=C(OC1CCNCC1)N(c1ccc(Cl)cc1)c1ccc(O)cn1. The number of aromatic nitrogens is 1. The van der Waals surface area contributed by atoms with Gasteiger partial charge in [0.1, 0.15) is 17.7 Å². The molecular weight excluding hydrogens is 330 g/mol. The van der Waals surface area contributed by atoms with E-state index < -0.39 is 6.09 Å². The van der Waals surface area contributed by atoms with Gasteiger partial charge in [0.15, 0.2) is 0 Å². The lowest BCUT2D eigenvalue weighted by molar-refractivity contribution is 0.0869. The molecule has 1 saturated heterocycles. The van der Waals surface area contributed by atoms with Crippen LogP contribution in [0.15, 0.2) is 42.6 Å². The second-order valence-corrected chi connectivity index (χ2v) is 5.96. The number of ether oxygens (including phenoxy) is 1. The Morgan fingerprint density at radius 3 is 2.54 bits per heavy atom. The zero-order valence-electron chi connectivity index (χ0n) is 13.0. The van der Waals surface area contributed by atoms with Gasteiger partial charge in [0.2, 0.25) is 0 Å². The summed E-state index contributed by atoms with van der Waals surface area (Å²) in [7, 11) is 0. The molecule has 0 unspecified atom stereocenters.